The van der Waals surface area contributed by atoms with E-state index in [4.69, 9.17) is 31.0 Å². The number of hydrogen-bond donors (Lipinski definition) is 1. The van der Waals surface area contributed by atoms with Gasteiger partial charge in [0.1, 0.15) is 12.2 Å². The van der Waals surface area contributed by atoms with Gasteiger partial charge in [-0.3, -0.25) is 0 Å². The molecule has 8 nitrogen and oxygen atoms in total. The zero-order chi connectivity index (χ0) is 18.1. The second-order valence-corrected chi connectivity index (χ2v) is 8.11. The normalized spacial score (nSPS) is 16.6. The molecule has 0 radical (unpaired) electrons. The van der Waals surface area contributed by atoms with Crippen LogP contribution in [0.3, 0.4) is 0 Å². The predicted octanol–water partition coefficient (Wildman–Crippen LogP) is 2.03. The molecule has 2 N–H and O–H groups in total. The Balaban J connectivity index is 0.00000312. The van der Waals surface area contributed by atoms with Crippen molar-refractivity contribution < 1.29 is 27.4 Å². The highest BCUT2D eigenvalue weighted by atomic mass is 35.5. The number of hydrogen-bond acceptors (Lipinski definition) is 6. The minimum atomic E-state index is -4.32. The highest BCUT2D eigenvalue weighted by molar-refractivity contribution is 7.87. The quantitative estimate of drug-likeness (QED) is 0.813. The van der Waals surface area contributed by atoms with Gasteiger partial charge in [-0.15, -0.1) is 0 Å². The Labute approximate surface area is 158 Å². The first-order valence-corrected chi connectivity index (χ1v) is 8.96. The SMILES string of the molecule is CC(C)(C)OC(=O)N(C[C@H]1COc2cc(Cl)ccc2O1)S(N)(=O)=O.S. The Kier molecular flexibility index (Phi) is 6.85. The number of fused-ring (bicyclic) bond motifs is 1. The van der Waals surface area contributed by atoms with E-state index in [-0.39, 0.29) is 26.6 Å². The van der Waals surface area contributed by atoms with Crippen LogP contribution in [0.15, 0.2) is 18.2 Å². The second-order valence-electron chi connectivity index (χ2n) is 6.20. The number of nitrogens with zero attached hydrogens (tertiary/aromatic N) is 1. The van der Waals surface area contributed by atoms with Gasteiger partial charge in [-0.2, -0.15) is 26.2 Å². The second kappa shape index (κ2) is 7.90. The lowest BCUT2D eigenvalue weighted by Gasteiger charge is -2.31. The minimum absolute atomic E-state index is 0. The number of ether oxygens (including phenoxy) is 3. The van der Waals surface area contributed by atoms with Crippen LogP contribution in [-0.4, -0.2) is 43.7 Å². The van der Waals surface area contributed by atoms with Crippen LogP contribution in [0.25, 0.3) is 0 Å². The first kappa shape index (κ1) is 21.7. The Morgan fingerprint density at radius 1 is 1.40 bits per heavy atom. The molecule has 2 rings (SSSR count). The number of carbonyl (C=O) groups is 1. The maximum Gasteiger partial charge on any atom is 0.425 e. The Morgan fingerprint density at radius 3 is 2.60 bits per heavy atom. The van der Waals surface area contributed by atoms with Crippen molar-refractivity contribution in [2.75, 3.05) is 13.2 Å². The van der Waals surface area contributed by atoms with Crippen molar-refractivity contribution in [3.05, 3.63) is 23.2 Å². The molecular formula is C14H21ClN2O6S2. The monoisotopic (exact) mass is 412 g/mol. The smallest absolute Gasteiger partial charge is 0.425 e. The van der Waals surface area contributed by atoms with Gasteiger partial charge in [0.05, 0.1) is 6.54 Å². The molecule has 1 heterocycles. The molecule has 1 amide bonds. The third-order valence-electron chi connectivity index (χ3n) is 2.90. The summed E-state index contributed by atoms with van der Waals surface area (Å²) in [6.45, 7) is 4.54. The third-order valence-corrected chi connectivity index (χ3v) is 4.05. The zero-order valence-corrected chi connectivity index (χ0v) is 16.6. The van der Waals surface area contributed by atoms with Crippen LogP contribution in [0.1, 0.15) is 20.8 Å². The Morgan fingerprint density at radius 2 is 2.04 bits per heavy atom. The van der Waals surface area contributed by atoms with E-state index in [9.17, 15) is 13.2 Å². The first-order chi connectivity index (χ1) is 11.0. The van der Waals surface area contributed by atoms with E-state index in [1.165, 1.54) is 0 Å². The summed E-state index contributed by atoms with van der Waals surface area (Å²) in [4.78, 5) is 12.1. The van der Waals surface area contributed by atoms with Crippen molar-refractivity contribution in [2.45, 2.75) is 32.5 Å². The zero-order valence-electron chi connectivity index (χ0n) is 14.0. The van der Waals surface area contributed by atoms with Gasteiger partial charge in [-0.25, -0.2) is 9.93 Å². The lowest BCUT2D eigenvalue weighted by Crippen LogP contribution is -2.50. The van der Waals surface area contributed by atoms with Crippen LogP contribution in [0.2, 0.25) is 5.02 Å². The number of rotatable bonds is 3. The van der Waals surface area contributed by atoms with E-state index >= 15 is 0 Å². The average Bonchev–Trinajstić information content (AvgIpc) is 2.41. The summed E-state index contributed by atoms with van der Waals surface area (Å²) in [5.74, 6) is 0.840. The first-order valence-electron chi connectivity index (χ1n) is 7.08. The summed E-state index contributed by atoms with van der Waals surface area (Å²) in [6.07, 6.45) is -1.81. The Bertz CT molecular complexity index is 735. The van der Waals surface area contributed by atoms with E-state index in [0.717, 1.165) is 0 Å². The van der Waals surface area contributed by atoms with Gasteiger partial charge in [0.25, 0.3) is 0 Å². The van der Waals surface area contributed by atoms with E-state index < -0.39 is 28.0 Å². The van der Waals surface area contributed by atoms with Crippen molar-refractivity contribution in [3.8, 4) is 11.5 Å². The summed E-state index contributed by atoms with van der Waals surface area (Å²) in [7, 11) is -4.32. The van der Waals surface area contributed by atoms with Crippen molar-refractivity contribution >= 4 is 41.4 Å². The molecule has 0 aliphatic carbocycles. The summed E-state index contributed by atoms with van der Waals surface area (Å²) in [5.41, 5.74) is -0.868. The molecule has 1 aromatic rings. The molecule has 1 aliphatic rings. The number of nitrogens with two attached hydrogens (primary N) is 1. The van der Waals surface area contributed by atoms with E-state index in [1.54, 1.807) is 39.0 Å². The maximum absolute atomic E-state index is 12.1. The molecule has 0 saturated heterocycles. The van der Waals surface area contributed by atoms with Gasteiger partial charge in [-0.1, -0.05) is 11.6 Å². The number of amides is 1. The number of halogens is 1. The largest absolute Gasteiger partial charge is 0.486 e. The summed E-state index contributed by atoms with van der Waals surface area (Å²) in [5, 5.41) is 5.60. The van der Waals surface area contributed by atoms with E-state index in [1.807, 2.05) is 0 Å². The number of carbonyl (C=O) groups excluding carboxylic acids is 1. The van der Waals surface area contributed by atoms with Crippen molar-refractivity contribution in [1.29, 1.82) is 0 Å². The average molecular weight is 413 g/mol. The maximum atomic E-state index is 12.1. The minimum Gasteiger partial charge on any atom is -0.486 e. The van der Waals surface area contributed by atoms with Crippen LogP contribution in [-0.2, 0) is 14.9 Å². The van der Waals surface area contributed by atoms with Crippen LogP contribution < -0.4 is 14.6 Å². The van der Waals surface area contributed by atoms with Gasteiger partial charge in [-0.05, 0) is 32.9 Å². The molecule has 0 fully saturated rings. The molecule has 0 saturated carbocycles. The molecule has 142 valence electrons. The number of benzene rings is 1. The molecule has 1 atom stereocenters. The lowest BCUT2D eigenvalue weighted by molar-refractivity contribution is 0.0265. The topological polar surface area (TPSA) is 108 Å². The lowest BCUT2D eigenvalue weighted by atomic mass is 10.2. The Hall–Kier alpha value is -1.36. The highest BCUT2D eigenvalue weighted by Crippen LogP contribution is 2.34. The summed E-state index contributed by atoms with van der Waals surface area (Å²) >= 11 is 5.86. The fraction of sp³-hybridized carbons (Fsp3) is 0.500. The molecule has 0 bridgehead atoms. The third kappa shape index (κ3) is 6.14. The molecular weight excluding hydrogens is 392 g/mol. The van der Waals surface area contributed by atoms with Gasteiger partial charge in [0.2, 0.25) is 0 Å². The standard InChI is InChI=1S/C14H19ClN2O6S.H2S/c1-14(2,3)23-13(18)17(24(16,19)20)7-10-8-21-12-6-9(15)4-5-11(12)22-10;/h4-6,10H,7-8H2,1-3H3,(H2,16,19,20);1H2/t10-;/m0./s1. The van der Waals surface area contributed by atoms with Crippen LogP contribution in [0.5, 0.6) is 11.5 Å². The fourth-order valence-electron chi connectivity index (χ4n) is 1.96. The van der Waals surface area contributed by atoms with Gasteiger partial charge < -0.3 is 14.2 Å². The van der Waals surface area contributed by atoms with Crippen molar-refractivity contribution in [2.24, 2.45) is 5.14 Å². The molecule has 11 heteroatoms. The summed E-state index contributed by atoms with van der Waals surface area (Å²) in [6, 6.07) is 4.79. The van der Waals surface area contributed by atoms with E-state index in [2.05, 4.69) is 0 Å². The molecule has 1 aliphatic heterocycles. The molecule has 0 unspecified atom stereocenters. The molecule has 1 aromatic carbocycles. The molecule has 0 spiro atoms. The summed E-state index contributed by atoms with van der Waals surface area (Å²) < 4.78 is 40.0. The van der Waals surface area contributed by atoms with Crippen LogP contribution in [0, 0.1) is 0 Å². The highest BCUT2D eigenvalue weighted by Gasteiger charge is 2.34. The fourth-order valence-corrected chi connectivity index (χ4v) is 2.74. The molecule has 0 aromatic heterocycles. The van der Waals surface area contributed by atoms with Gasteiger partial charge >= 0.3 is 16.3 Å². The van der Waals surface area contributed by atoms with Crippen LogP contribution in [0.4, 0.5) is 4.79 Å². The van der Waals surface area contributed by atoms with Crippen molar-refractivity contribution in [3.63, 3.8) is 0 Å². The van der Waals surface area contributed by atoms with Gasteiger partial charge in [0, 0.05) is 11.1 Å². The van der Waals surface area contributed by atoms with Gasteiger partial charge in [0.15, 0.2) is 17.6 Å². The van der Waals surface area contributed by atoms with E-state index in [0.29, 0.717) is 20.8 Å². The molecule has 25 heavy (non-hydrogen) atoms. The van der Waals surface area contributed by atoms with Crippen molar-refractivity contribution in [1.82, 2.24) is 4.31 Å². The predicted molar refractivity (Wildman–Crippen MR) is 97.8 cm³/mol. The van der Waals surface area contributed by atoms with Crippen LogP contribution >= 0.6 is 25.1 Å².